The van der Waals surface area contributed by atoms with E-state index in [1.54, 1.807) is 30.3 Å². The average Bonchev–Trinajstić information content (AvgIpc) is 2.54. The molecule has 0 aliphatic rings. The van der Waals surface area contributed by atoms with E-state index in [4.69, 9.17) is 4.74 Å². The Morgan fingerprint density at radius 3 is 2.46 bits per heavy atom. The van der Waals surface area contributed by atoms with Gasteiger partial charge in [-0.25, -0.2) is 0 Å². The molecule has 2 aromatic rings. The molecule has 0 radical (unpaired) electrons. The molecule has 0 bridgehead atoms. The molecule has 0 spiro atoms. The Hall–Kier alpha value is -2.34. The summed E-state index contributed by atoms with van der Waals surface area (Å²) in [4.78, 5) is 24.2. The summed E-state index contributed by atoms with van der Waals surface area (Å²) in [6.45, 7) is 3.70. The largest absolute Gasteiger partial charge is 0.489 e. The van der Waals surface area contributed by atoms with Crippen molar-refractivity contribution in [3.05, 3.63) is 58.6 Å². The maximum Gasteiger partial charge on any atom is 0.252 e. The Bertz CT molecular complexity index is 732. The second kappa shape index (κ2) is 8.49. The molecular formula is C18H19BrN2O3. The van der Waals surface area contributed by atoms with Crippen molar-refractivity contribution >= 4 is 33.4 Å². The molecule has 0 fully saturated rings. The third kappa shape index (κ3) is 5.09. The number of para-hydroxylation sites is 2. The molecule has 126 valence electrons. The van der Waals surface area contributed by atoms with Gasteiger partial charge in [-0.15, -0.1) is 0 Å². The van der Waals surface area contributed by atoms with Crippen LogP contribution in [0.15, 0.2) is 53.0 Å². The van der Waals surface area contributed by atoms with Gasteiger partial charge in [0.2, 0.25) is 5.91 Å². The quantitative estimate of drug-likeness (QED) is 0.791. The molecule has 0 saturated carbocycles. The van der Waals surface area contributed by atoms with Crippen molar-refractivity contribution in [1.82, 2.24) is 5.32 Å². The fourth-order valence-corrected chi connectivity index (χ4v) is 2.49. The lowest BCUT2D eigenvalue weighted by Gasteiger charge is -2.15. The number of hydrogen-bond donors (Lipinski definition) is 2. The van der Waals surface area contributed by atoms with E-state index in [0.29, 0.717) is 21.5 Å². The maximum absolute atomic E-state index is 12.1. The van der Waals surface area contributed by atoms with Gasteiger partial charge in [0, 0.05) is 4.47 Å². The van der Waals surface area contributed by atoms with Crippen LogP contribution in [0.2, 0.25) is 0 Å². The van der Waals surface area contributed by atoms with E-state index in [-0.39, 0.29) is 24.5 Å². The minimum atomic E-state index is -0.324. The molecule has 0 aliphatic heterocycles. The number of rotatable bonds is 6. The summed E-state index contributed by atoms with van der Waals surface area (Å²) in [7, 11) is 0. The fraction of sp³-hybridized carbons (Fsp3) is 0.222. The standard InChI is InChI=1S/C18H19BrN2O3/c1-12(2)24-16-10-6-5-9-15(16)21-17(22)11-20-18(23)13-7-3-4-8-14(13)19/h3-10,12H,11H2,1-2H3,(H,20,23)(H,21,22). The van der Waals surface area contributed by atoms with E-state index in [1.807, 2.05) is 32.0 Å². The Morgan fingerprint density at radius 1 is 1.08 bits per heavy atom. The van der Waals surface area contributed by atoms with E-state index in [9.17, 15) is 9.59 Å². The highest BCUT2D eigenvalue weighted by Crippen LogP contribution is 2.24. The summed E-state index contributed by atoms with van der Waals surface area (Å²) < 4.78 is 6.33. The Labute approximate surface area is 149 Å². The summed E-state index contributed by atoms with van der Waals surface area (Å²) in [5.41, 5.74) is 1.06. The van der Waals surface area contributed by atoms with Gasteiger partial charge in [0.25, 0.3) is 5.91 Å². The number of carbonyl (C=O) groups is 2. The van der Waals surface area contributed by atoms with Crippen LogP contribution in [0.25, 0.3) is 0 Å². The first-order chi connectivity index (χ1) is 11.5. The fourth-order valence-electron chi connectivity index (χ4n) is 2.02. The minimum absolute atomic E-state index is 0.00168. The lowest BCUT2D eigenvalue weighted by molar-refractivity contribution is -0.115. The molecule has 0 aromatic heterocycles. The Kier molecular flexibility index (Phi) is 6.37. The number of nitrogens with one attached hydrogen (secondary N) is 2. The van der Waals surface area contributed by atoms with Gasteiger partial charge in [0.05, 0.1) is 23.9 Å². The van der Waals surface area contributed by atoms with Crippen LogP contribution >= 0.6 is 15.9 Å². The van der Waals surface area contributed by atoms with Crippen LogP contribution in [0.4, 0.5) is 5.69 Å². The van der Waals surface area contributed by atoms with Crippen molar-refractivity contribution in [3.63, 3.8) is 0 Å². The van der Waals surface area contributed by atoms with Crippen LogP contribution in [-0.2, 0) is 4.79 Å². The second-order valence-electron chi connectivity index (χ2n) is 5.37. The SMILES string of the molecule is CC(C)Oc1ccccc1NC(=O)CNC(=O)c1ccccc1Br. The molecule has 6 heteroatoms. The molecule has 24 heavy (non-hydrogen) atoms. The van der Waals surface area contributed by atoms with Crippen LogP contribution < -0.4 is 15.4 Å². The van der Waals surface area contributed by atoms with E-state index in [2.05, 4.69) is 26.6 Å². The predicted molar refractivity (Wildman–Crippen MR) is 97.3 cm³/mol. The summed E-state index contributed by atoms with van der Waals surface area (Å²) >= 11 is 3.31. The van der Waals surface area contributed by atoms with Crippen LogP contribution in [-0.4, -0.2) is 24.5 Å². The maximum atomic E-state index is 12.1. The van der Waals surface area contributed by atoms with Gasteiger partial charge in [0.15, 0.2) is 0 Å². The number of anilines is 1. The first-order valence-electron chi connectivity index (χ1n) is 7.55. The van der Waals surface area contributed by atoms with Gasteiger partial charge >= 0.3 is 0 Å². The van der Waals surface area contributed by atoms with E-state index in [1.165, 1.54) is 0 Å². The molecule has 2 aromatic carbocycles. The third-order valence-corrected chi connectivity index (χ3v) is 3.74. The Balaban J connectivity index is 1.95. The first kappa shape index (κ1) is 18.0. The van der Waals surface area contributed by atoms with Crippen molar-refractivity contribution in [2.24, 2.45) is 0 Å². The van der Waals surface area contributed by atoms with Crippen LogP contribution in [0.5, 0.6) is 5.75 Å². The molecule has 0 aliphatic carbocycles. The number of benzene rings is 2. The topological polar surface area (TPSA) is 67.4 Å². The zero-order chi connectivity index (χ0) is 17.5. The summed E-state index contributed by atoms with van der Waals surface area (Å²) in [5.74, 6) is -0.0440. The Morgan fingerprint density at radius 2 is 1.75 bits per heavy atom. The van der Waals surface area contributed by atoms with Crippen molar-refractivity contribution in [1.29, 1.82) is 0 Å². The zero-order valence-corrected chi connectivity index (χ0v) is 15.1. The lowest BCUT2D eigenvalue weighted by atomic mass is 10.2. The van der Waals surface area contributed by atoms with Gasteiger partial charge < -0.3 is 15.4 Å². The number of ether oxygens (including phenoxy) is 1. The van der Waals surface area contributed by atoms with Crippen LogP contribution in [0.1, 0.15) is 24.2 Å². The molecule has 0 unspecified atom stereocenters. The number of halogens is 1. The monoisotopic (exact) mass is 390 g/mol. The molecule has 0 saturated heterocycles. The molecule has 0 heterocycles. The van der Waals surface area contributed by atoms with Gasteiger partial charge in [0.1, 0.15) is 5.75 Å². The van der Waals surface area contributed by atoms with Crippen molar-refractivity contribution in [3.8, 4) is 5.75 Å². The molecular weight excluding hydrogens is 372 g/mol. The predicted octanol–water partition coefficient (Wildman–Crippen LogP) is 3.60. The first-order valence-corrected chi connectivity index (χ1v) is 8.35. The van der Waals surface area contributed by atoms with Crippen molar-refractivity contribution in [2.45, 2.75) is 20.0 Å². The summed E-state index contributed by atoms with van der Waals surface area (Å²) in [6, 6.07) is 14.2. The highest BCUT2D eigenvalue weighted by molar-refractivity contribution is 9.10. The van der Waals surface area contributed by atoms with Crippen LogP contribution in [0, 0.1) is 0 Å². The van der Waals surface area contributed by atoms with Crippen molar-refractivity contribution in [2.75, 3.05) is 11.9 Å². The molecule has 2 N–H and O–H groups in total. The molecule has 5 nitrogen and oxygen atoms in total. The van der Waals surface area contributed by atoms with Gasteiger partial charge in [-0.2, -0.15) is 0 Å². The van der Waals surface area contributed by atoms with E-state index in [0.717, 1.165) is 0 Å². The molecule has 2 amide bonds. The smallest absolute Gasteiger partial charge is 0.252 e. The van der Waals surface area contributed by atoms with Gasteiger partial charge in [-0.05, 0) is 54.0 Å². The highest BCUT2D eigenvalue weighted by atomic mass is 79.9. The van der Waals surface area contributed by atoms with E-state index >= 15 is 0 Å². The minimum Gasteiger partial charge on any atom is -0.489 e. The van der Waals surface area contributed by atoms with Gasteiger partial charge in [-0.1, -0.05) is 24.3 Å². The van der Waals surface area contributed by atoms with Gasteiger partial charge in [-0.3, -0.25) is 9.59 Å². The molecule has 2 rings (SSSR count). The number of hydrogen-bond acceptors (Lipinski definition) is 3. The number of amides is 2. The summed E-state index contributed by atoms with van der Waals surface area (Å²) in [6.07, 6.45) is -0.00168. The molecule has 0 atom stereocenters. The van der Waals surface area contributed by atoms with Crippen LogP contribution in [0.3, 0.4) is 0 Å². The lowest BCUT2D eigenvalue weighted by Crippen LogP contribution is -2.33. The van der Waals surface area contributed by atoms with E-state index < -0.39 is 0 Å². The third-order valence-electron chi connectivity index (χ3n) is 3.05. The second-order valence-corrected chi connectivity index (χ2v) is 6.23. The summed E-state index contributed by atoms with van der Waals surface area (Å²) in [5, 5.41) is 5.35. The zero-order valence-electron chi connectivity index (χ0n) is 13.5. The van der Waals surface area contributed by atoms with Crippen molar-refractivity contribution < 1.29 is 14.3 Å². The normalized spacial score (nSPS) is 10.3. The average molecular weight is 391 g/mol. The number of carbonyl (C=O) groups excluding carboxylic acids is 2. The highest BCUT2D eigenvalue weighted by Gasteiger charge is 2.12.